The van der Waals surface area contributed by atoms with Crippen molar-refractivity contribution in [2.45, 2.75) is 39.4 Å². The smallest absolute Gasteiger partial charge is 0.416 e. The van der Waals surface area contributed by atoms with Crippen LogP contribution >= 0.6 is 0 Å². The summed E-state index contributed by atoms with van der Waals surface area (Å²) in [5.41, 5.74) is 3.23. The number of fused-ring (bicyclic) bond motifs is 1. The molecule has 0 saturated carbocycles. The van der Waals surface area contributed by atoms with E-state index in [1.165, 1.54) is 13.0 Å². The molecule has 1 aliphatic rings. The van der Waals surface area contributed by atoms with Crippen LogP contribution < -0.4 is 10.1 Å². The summed E-state index contributed by atoms with van der Waals surface area (Å²) < 4.78 is 51.1. The summed E-state index contributed by atoms with van der Waals surface area (Å²) in [5, 5.41) is 12.5. The van der Waals surface area contributed by atoms with Gasteiger partial charge in [0.05, 0.1) is 37.6 Å². The Morgan fingerprint density at radius 1 is 1.18 bits per heavy atom. The first kappa shape index (κ1) is 23.0. The number of nitrogens with one attached hydrogen (secondary N) is 1. The number of methoxy groups -OCH3 is 1. The van der Waals surface area contributed by atoms with Gasteiger partial charge in [-0.3, -0.25) is 0 Å². The summed E-state index contributed by atoms with van der Waals surface area (Å²) in [6, 6.07) is 5.71. The molecule has 33 heavy (non-hydrogen) atoms. The summed E-state index contributed by atoms with van der Waals surface area (Å²) in [7, 11) is 1.57. The van der Waals surface area contributed by atoms with Crippen molar-refractivity contribution in [1.29, 1.82) is 0 Å². The number of pyridine rings is 1. The first-order valence-corrected chi connectivity index (χ1v) is 10.6. The molecule has 0 fully saturated rings. The molecule has 174 valence electrons. The molecule has 0 spiro atoms. The zero-order valence-corrected chi connectivity index (χ0v) is 18.9. The van der Waals surface area contributed by atoms with Gasteiger partial charge in [0.2, 0.25) is 5.88 Å². The van der Waals surface area contributed by atoms with Crippen LogP contribution in [0.15, 0.2) is 30.3 Å². The highest BCUT2D eigenvalue weighted by Gasteiger charge is 2.33. The average Bonchev–Trinajstić information content (AvgIpc) is 2.80. The number of aryl methyl sites for hydroxylation is 1. The van der Waals surface area contributed by atoms with Gasteiger partial charge in [0.1, 0.15) is 5.52 Å². The van der Waals surface area contributed by atoms with Crippen LogP contribution in [0.25, 0.3) is 16.5 Å². The van der Waals surface area contributed by atoms with Crippen LogP contribution in [0.3, 0.4) is 0 Å². The predicted octanol–water partition coefficient (Wildman–Crippen LogP) is 5.65. The van der Waals surface area contributed by atoms with E-state index in [9.17, 15) is 13.2 Å². The summed E-state index contributed by atoms with van der Waals surface area (Å²) in [6.45, 7) is 6.21. The summed E-state index contributed by atoms with van der Waals surface area (Å²) in [6.07, 6.45) is -1.69. The average molecular weight is 458 g/mol. The van der Waals surface area contributed by atoms with Crippen LogP contribution in [0, 0.1) is 13.8 Å². The molecule has 0 aliphatic carbocycles. The summed E-state index contributed by atoms with van der Waals surface area (Å²) in [4.78, 5) is 4.68. The molecular formula is C24H25F3N4O2. The zero-order valence-electron chi connectivity index (χ0n) is 18.9. The number of anilines is 1. The van der Waals surface area contributed by atoms with E-state index in [4.69, 9.17) is 9.47 Å². The lowest BCUT2D eigenvalue weighted by Crippen LogP contribution is -2.15. The second-order valence-electron chi connectivity index (χ2n) is 8.01. The number of ether oxygens (including phenoxy) is 2. The maximum absolute atomic E-state index is 13.4. The molecule has 0 unspecified atom stereocenters. The number of hydrogen-bond acceptors (Lipinski definition) is 6. The van der Waals surface area contributed by atoms with Crippen molar-refractivity contribution >= 4 is 22.3 Å². The van der Waals surface area contributed by atoms with Crippen LogP contribution in [0.5, 0.6) is 5.88 Å². The lowest BCUT2D eigenvalue weighted by Gasteiger charge is -2.21. The summed E-state index contributed by atoms with van der Waals surface area (Å²) in [5.74, 6) is 0.934. The number of aromatic nitrogens is 3. The second kappa shape index (κ2) is 8.97. The number of rotatable bonds is 5. The van der Waals surface area contributed by atoms with Gasteiger partial charge < -0.3 is 14.8 Å². The Bertz CT molecular complexity index is 1220. The van der Waals surface area contributed by atoms with Gasteiger partial charge in [0.15, 0.2) is 5.82 Å². The normalized spacial score (nSPS) is 15.3. The largest absolute Gasteiger partial charge is 0.481 e. The third-order valence-electron chi connectivity index (χ3n) is 5.89. The third-order valence-corrected chi connectivity index (χ3v) is 5.89. The first-order valence-electron chi connectivity index (χ1n) is 10.6. The Morgan fingerprint density at radius 3 is 2.64 bits per heavy atom. The minimum absolute atomic E-state index is 0.183. The van der Waals surface area contributed by atoms with Crippen molar-refractivity contribution in [2.75, 3.05) is 25.6 Å². The van der Waals surface area contributed by atoms with E-state index in [-0.39, 0.29) is 5.56 Å². The lowest BCUT2D eigenvalue weighted by atomic mass is 9.97. The van der Waals surface area contributed by atoms with Gasteiger partial charge in [-0.05, 0) is 56.0 Å². The molecule has 0 bridgehead atoms. The Morgan fingerprint density at radius 2 is 1.97 bits per heavy atom. The minimum Gasteiger partial charge on any atom is -0.481 e. The molecule has 0 amide bonds. The Kier molecular flexibility index (Phi) is 6.25. The molecule has 4 rings (SSSR count). The Hall–Kier alpha value is -3.20. The zero-order chi connectivity index (χ0) is 23.8. The first-order chi connectivity index (χ1) is 15.7. The van der Waals surface area contributed by atoms with Gasteiger partial charge in [0, 0.05) is 10.9 Å². The lowest BCUT2D eigenvalue weighted by molar-refractivity contribution is -0.138. The molecule has 6 nitrogen and oxygen atoms in total. The van der Waals surface area contributed by atoms with Gasteiger partial charge in [0.25, 0.3) is 0 Å². The predicted molar refractivity (Wildman–Crippen MR) is 120 cm³/mol. The second-order valence-corrected chi connectivity index (χ2v) is 8.01. The maximum Gasteiger partial charge on any atom is 0.416 e. The SMILES string of the molecule is COc1nc2c(C)nnc(N[C@H](C)c3cccc(C(F)(F)F)c3C)c2cc1C1=CCOCC1. The van der Waals surface area contributed by atoms with Crippen molar-refractivity contribution in [3.8, 4) is 5.88 Å². The van der Waals surface area contributed by atoms with Crippen molar-refractivity contribution in [3.63, 3.8) is 0 Å². The van der Waals surface area contributed by atoms with E-state index in [1.807, 2.05) is 12.1 Å². The van der Waals surface area contributed by atoms with Crippen molar-refractivity contribution in [3.05, 3.63) is 58.3 Å². The van der Waals surface area contributed by atoms with E-state index in [1.54, 1.807) is 27.0 Å². The molecule has 1 aliphatic heterocycles. The van der Waals surface area contributed by atoms with Gasteiger partial charge in [-0.2, -0.15) is 18.3 Å². The molecule has 0 radical (unpaired) electrons. The number of nitrogens with zero attached hydrogens (tertiary/aromatic N) is 3. The fraction of sp³-hybridized carbons (Fsp3) is 0.375. The van der Waals surface area contributed by atoms with E-state index < -0.39 is 17.8 Å². The molecule has 3 heterocycles. The van der Waals surface area contributed by atoms with E-state index in [0.29, 0.717) is 41.7 Å². The monoisotopic (exact) mass is 458 g/mol. The molecule has 2 aromatic heterocycles. The topological polar surface area (TPSA) is 69.2 Å². The minimum atomic E-state index is -4.41. The highest BCUT2D eigenvalue weighted by Crippen LogP contribution is 2.37. The summed E-state index contributed by atoms with van der Waals surface area (Å²) >= 11 is 0. The number of halogens is 3. The molecule has 9 heteroatoms. The number of benzene rings is 1. The fourth-order valence-corrected chi connectivity index (χ4v) is 4.16. The maximum atomic E-state index is 13.4. The van der Waals surface area contributed by atoms with Crippen LogP contribution in [0.1, 0.15) is 47.3 Å². The molecule has 1 aromatic carbocycles. The van der Waals surface area contributed by atoms with Gasteiger partial charge in [-0.15, -0.1) is 5.10 Å². The van der Waals surface area contributed by atoms with Crippen LogP contribution in [-0.4, -0.2) is 35.5 Å². The Balaban J connectivity index is 1.79. The third kappa shape index (κ3) is 4.50. The molecular weight excluding hydrogens is 433 g/mol. The van der Waals surface area contributed by atoms with Gasteiger partial charge in [-0.25, -0.2) is 4.98 Å². The van der Waals surface area contributed by atoms with Gasteiger partial charge >= 0.3 is 6.18 Å². The molecule has 1 atom stereocenters. The van der Waals surface area contributed by atoms with Gasteiger partial charge in [-0.1, -0.05) is 18.2 Å². The number of hydrogen-bond donors (Lipinski definition) is 1. The van der Waals surface area contributed by atoms with E-state index in [2.05, 4.69) is 20.5 Å². The van der Waals surface area contributed by atoms with Crippen molar-refractivity contribution in [1.82, 2.24) is 15.2 Å². The molecule has 1 N–H and O–H groups in total. The van der Waals surface area contributed by atoms with E-state index in [0.717, 1.165) is 29.0 Å². The Labute approximate surface area is 189 Å². The van der Waals surface area contributed by atoms with Crippen LogP contribution in [0.4, 0.5) is 19.0 Å². The molecule has 3 aromatic rings. The van der Waals surface area contributed by atoms with Crippen LogP contribution in [0.2, 0.25) is 0 Å². The fourth-order valence-electron chi connectivity index (χ4n) is 4.16. The standard InChI is InChI=1S/C24H25F3N4O2/c1-13-17(6-5-7-20(13)24(25,26)27)14(2)28-22-19-12-18(16-8-10-33-11-9-16)23(32-4)29-21(19)15(3)30-31-22/h5-8,12,14H,9-11H2,1-4H3,(H,28,31)/t14-/m1/s1. The van der Waals surface area contributed by atoms with Crippen molar-refractivity contribution in [2.24, 2.45) is 0 Å². The van der Waals surface area contributed by atoms with Crippen molar-refractivity contribution < 1.29 is 22.6 Å². The quantitative estimate of drug-likeness (QED) is 0.533. The highest BCUT2D eigenvalue weighted by atomic mass is 19.4. The highest BCUT2D eigenvalue weighted by molar-refractivity contribution is 5.93. The molecule has 0 saturated heterocycles. The van der Waals surface area contributed by atoms with Crippen LogP contribution in [-0.2, 0) is 10.9 Å². The number of alkyl halides is 3. The van der Waals surface area contributed by atoms with E-state index >= 15 is 0 Å².